The summed E-state index contributed by atoms with van der Waals surface area (Å²) in [6.45, 7) is 1.59. The van der Waals surface area contributed by atoms with Crippen LogP contribution in [0.4, 0.5) is 5.82 Å². The van der Waals surface area contributed by atoms with Crippen molar-refractivity contribution in [3.05, 3.63) is 30.0 Å². The molecule has 0 saturated carbocycles. The van der Waals surface area contributed by atoms with Crippen molar-refractivity contribution >= 4 is 38.0 Å². The van der Waals surface area contributed by atoms with E-state index in [1.807, 2.05) is 0 Å². The van der Waals surface area contributed by atoms with E-state index in [2.05, 4.69) is 19.2 Å². The van der Waals surface area contributed by atoms with Crippen molar-refractivity contribution in [3.8, 4) is 5.69 Å². The molecule has 0 unspecified atom stereocenters. The van der Waals surface area contributed by atoms with E-state index in [0.29, 0.717) is 17.7 Å². The van der Waals surface area contributed by atoms with Gasteiger partial charge in [-0.3, -0.25) is 9.76 Å². The Hall–Kier alpha value is 0.320. The van der Waals surface area contributed by atoms with Crippen LogP contribution < -0.4 is 69.1 Å². The van der Waals surface area contributed by atoms with Gasteiger partial charge in [-0.15, -0.1) is 0 Å². The van der Waals surface area contributed by atoms with E-state index in [1.54, 1.807) is 6.92 Å². The fourth-order valence-corrected chi connectivity index (χ4v) is 3.47. The normalized spacial score (nSPS) is 11.4. The van der Waals surface area contributed by atoms with Crippen molar-refractivity contribution in [3.63, 3.8) is 0 Å². The minimum absolute atomic E-state index is 0. The van der Waals surface area contributed by atoms with Crippen molar-refractivity contribution in [1.29, 1.82) is 0 Å². The summed E-state index contributed by atoms with van der Waals surface area (Å²) >= 11 is 0.368. The van der Waals surface area contributed by atoms with Crippen LogP contribution in [-0.4, -0.2) is 37.4 Å². The monoisotopic (exact) mass is 455 g/mol. The number of aryl methyl sites for hydroxylation is 1. The molecule has 1 aromatic carbocycles. The van der Waals surface area contributed by atoms with Gasteiger partial charge in [0.05, 0.1) is 34.6 Å². The van der Waals surface area contributed by atoms with Crippen LogP contribution in [0.2, 0.25) is 0 Å². The maximum absolute atomic E-state index is 11.5. The topological polar surface area (TPSA) is 163 Å². The smallest absolute Gasteiger partial charge is 0.744 e. The van der Waals surface area contributed by atoms with Crippen LogP contribution in [0.15, 0.2) is 34.1 Å². The van der Waals surface area contributed by atoms with Crippen molar-refractivity contribution in [2.45, 2.75) is 16.7 Å². The molecule has 27 heavy (non-hydrogen) atoms. The van der Waals surface area contributed by atoms with Gasteiger partial charge in [0.25, 0.3) is 0 Å². The number of nitrogens with one attached hydrogen (secondary N) is 1. The largest absolute Gasteiger partial charge is 1.00 e. The zero-order valence-corrected chi connectivity index (χ0v) is 21.1. The van der Waals surface area contributed by atoms with Gasteiger partial charge < -0.3 is 9.81 Å². The van der Waals surface area contributed by atoms with Crippen molar-refractivity contribution in [2.24, 2.45) is 0 Å². The number of rotatable bonds is 7. The Bertz CT molecular complexity index is 994. The third-order valence-electron chi connectivity index (χ3n) is 2.68. The molecule has 0 atom stereocenters. The molecule has 0 radical (unpaired) electrons. The summed E-state index contributed by atoms with van der Waals surface area (Å²) in [5.74, 6) is 0.0254. The quantitative estimate of drug-likeness (QED) is 0.140. The standard InChI is InChI=1S/C11H13N3O8S3.2Na/c1-7-3-11(13-24(2,16)17)14(12-7)8-4-9(23-22-21-15)6-10(5-8)25(18,19)20;;/h3-6,13,15H,1-2H3,(H,18,19,20);;/q;2*+1/p-2. The average Bonchev–Trinajstić information content (AvgIpc) is 2.82. The van der Waals surface area contributed by atoms with E-state index < -0.39 is 25.0 Å². The Morgan fingerprint density at radius 2 is 1.78 bits per heavy atom. The molecule has 0 amide bonds. The van der Waals surface area contributed by atoms with Crippen LogP contribution in [0.5, 0.6) is 0 Å². The van der Waals surface area contributed by atoms with Gasteiger partial charge in [-0.05, 0) is 25.1 Å². The van der Waals surface area contributed by atoms with Gasteiger partial charge in [0, 0.05) is 11.0 Å². The van der Waals surface area contributed by atoms with Crippen molar-refractivity contribution in [1.82, 2.24) is 9.78 Å². The third kappa shape index (κ3) is 8.30. The van der Waals surface area contributed by atoms with Crippen LogP contribution in [0, 0.1) is 6.92 Å². The van der Waals surface area contributed by atoms with Gasteiger partial charge in [-0.2, -0.15) is 9.43 Å². The number of anilines is 1. The molecule has 16 heteroatoms. The van der Waals surface area contributed by atoms with Gasteiger partial charge in [0.2, 0.25) is 10.0 Å². The molecule has 1 heterocycles. The van der Waals surface area contributed by atoms with Gasteiger partial charge in [-0.25, -0.2) is 21.5 Å². The maximum atomic E-state index is 11.5. The second-order valence-corrected chi connectivity index (χ2v) is 8.70. The summed E-state index contributed by atoms with van der Waals surface area (Å²) in [7, 11) is -8.48. The van der Waals surface area contributed by atoms with Gasteiger partial charge in [-0.1, -0.05) is 0 Å². The Kier molecular flexibility index (Phi) is 11.0. The summed E-state index contributed by atoms with van der Waals surface area (Å²) in [6.07, 6.45) is 0.929. The molecule has 0 aliphatic rings. The molecule has 0 bridgehead atoms. The third-order valence-corrected chi connectivity index (χ3v) is 4.62. The average molecular weight is 455 g/mol. The molecular weight excluding hydrogens is 444 g/mol. The number of nitrogens with zero attached hydrogens (tertiary/aromatic N) is 2. The van der Waals surface area contributed by atoms with Crippen molar-refractivity contribution in [2.75, 3.05) is 11.0 Å². The predicted molar refractivity (Wildman–Crippen MR) is 82.8 cm³/mol. The molecule has 1 aromatic heterocycles. The number of aromatic nitrogens is 2. The number of sulfonamides is 1. The number of benzene rings is 1. The first kappa shape index (κ1) is 27.3. The fourth-order valence-electron chi connectivity index (χ4n) is 1.88. The van der Waals surface area contributed by atoms with Crippen LogP contribution in [0.25, 0.3) is 5.69 Å². The van der Waals surface area contributed by atoms with E-state index in [-0.39, 0.29) is 75.5 Å². The second kappa shape index (κ2) is 10.9. The van der Waals surface area contributed by atoms with Gasteiger partial charge in [0.15, 0.2) is 0 Å². The summed E-state index contributed by atoms with van der Waals surface area (Å²) < 4.78 is 64.3. The van der Waals surface area contributed by atoms with Crippen LogP contribution >= 0.6 is 12.0 Å². The molecule has 0 aliphatic carbocycles. The minimum Gasteiger partial charge on any atom is -0.744 e. The van der Waals surface area contributed by atoms with Crippen molar-refractivity contribution < 1.29 is 95.1 Å². The van der Waals surface area contributed by atoms with Crippen LogP contribution in [0.1, 0.15) is 5.69 Å². The number of hydrogen-bond donors (Lipinski definition) is 1. The summed E-state index contributed by atoms with van der Waals surface area (Å²) in [4.78, 5) is -0.582. The Labute approximate surface area is 204 Å². The molecule has 0 spiro atoms. The van der Waals surface area contributed by atoms with Gasteiger partial charge in [0.1, 0.15) is 15.9 Å². The number of hydrogen-bond acceptors (Lipinski definition) is 10. The first-order valence-corrected chi connectivity index (χ1v) is 10.3. The molecule has 0 aliphatic heterocycles. The SMILES string of the molecule is Cc1cc(NS(C)(=O)=O)n(-c2cc(SOO[O-])cc(S(=O)(=O)[O-])c2)n1.[Na+].[Na+]. The molecule has 2 rings (SSSR count). The molecule has 0 fully saturated rings. The molecule has 11 nitrogen and oxygen atoms in total. The Morgan fingerprint density at radius 1 is 1.15 bits per heavy atom. The summed E-state index contributed by atoms with van der Waals surface area (Å²) in [6, 6.07) is 4.70. The molecular formula is C11H11N3Na2O8S3. The zero-order chi connectivity index (χ0) is 18.8. The molecule has 2 aromatic rings. The van der Waals surface area contributed by atoms with E-state index >= 15 is 0 Å². The summed E-state index contributed by atoms with van der Waals surface area (Å²) in [5.41, 5.74) is 0.475. The minimum atomic E-state index is -4.84. The second-order valence-electron chi connectivity index (χ2n) is 4.79. The van der Waals surface area contributed by atoms with Gasteiger partial charge >= 0.3 is 59.1 Å². The molecule has 138 valence electrons. The first-order chi connectivity index (χ1) is 11.5. The molecule has 0 saturated heterocycles. The zero-order valence-electron chi connectivity index (χ0n) is 14.7. The van der Waals surface area contributed by atoms with E-state index in [1.165, 1.54) is 12.1 Å². The Morgan fingerprint density at radius 3 is 2.30 bits per heavy atom. The molecule has 1 N–H and O–H groups in total. The van der Waals surface area contributed by atoms with E-state index in [9.17, 15) is 26.6 Å². The van der Waals surface area contributed by atoms with E-state index in [0.717, 1.165) is 23.1 Å². The van der Waals surface area contributed by atoms with E-state index in [4.69, 9.17) is 0 Å². The van der Waals surface area contributed by atoms with Crippen LogP contribution in [-0.2, 0) is 29.5 Å². The summed E-state index contributed by atoms with van der Waals surface area (Å²) in [5, 5.41) is 17.2. The predicted octanol–water partition coefficient (Wildman–Crippen LogP) is -6.31. The maximum Gasteiger partial charge on any atom is 1.00 e. The van der Waals surface area contributed by atoms with Crippen LogP contribution in [0.3, 0.4) is 0 Å². The Balaban J connectivity index is 0.00000338. The fraction of sp³-hybridized carbons (Fsp3) is 0.182. The first-order valence-electron chi connectivity index (χ1n) is 6.28.